The van der Waals surface area contributed by atoms with E-state index in [9.17, 15) is 5.11 Å². The normalized spacial score (nSPS) is 17.9. The third-order valence-electron chi connectivity index (χ3n) is 4.00. The highest BCUT2D eigenvalue weighted by Crippen LogP contribution is 2.45. The van der Waals surface area contributed by atoms with E-state index in [0.717, 1.165) is 12.0 Å². The lowest BCUT2D eigenvalue weighted by atomic mass is 9.81. The number of rotatable bonds is 1. The molecule has 0 saturated carbocycles. The summed E-state index contributed by atoms with van der Waals surface area (Å²) in [5.74, 6) is 0.964. The summed E-state index contributed by atoms with van der Waals surface area (Å²) in [6.07, 6.45) is 2.36. The Balaban J connectivity index is 2.73. The Hall–Kier alpha value is -0.980. The summed E-state index contributed by atoms with van der Waals surface area (Å²) in [6.45, 7) is 11.0. The standard InChI is InChI=1S/C15H22O/c1-9(2)12-8-13(16)10(3)14-11(12)6-7-15(14,4)5/h8-9,16H,6-7H2,1-5H3. The molecule has 0 atom stereocenters. The van der Waals surface area contributed by atoms with Crippen molar-refractivity contribution in [2.24, 2.45) is 0 Å². The Bertz CT molecular complexity index is 428. The summed E-state index contributed by atoms with van der Waals surface area (Å²) in [7, 11) is 0. The first-order valence-electron chi connectivity index (χ1n) is 6.20. The minimum atomic E-state index is 0.224. The van der Waals surface area contributed by atoms with Crippen molar-refractivity contribution < 1.29 is 5.11 Å². The van der Waals surface area contributed by atoms with Gasteiger partial charge < -0.3 is 5.11 Å². The van der Waals surface area contributed by atoms with Gasteiger partial charge in [0.15, 0.2) is 0 Å². The second-order valence-corrected chi connectivity index (χ2v) is 6.00. The summed E-state index contributed by atoms with van der Waals surface area (Å²) in [5.41, 5.74) is 5.54. The molecule has 0 fully saturated rings. The molecule has 0 amide bonds. The fourth-order valence-electron chi connectivity index (χ4n) is 3.10. The van der Waals surface area contributed by atoms with Crippen LogP contribution in [0.15, 0.2) is 6.07 Å². The van der Waals surface area contributed by atoms with Crippen molar-refractivity contribution in [1.82, 2.24) is 0 Å². The number of fused-ring (bicyclic) bond motifs is 1. The van der Waals surface area contributed by atoms with E-state index in [4.69, 9.17) is 0 Å². The summed E-state index contributed by atoms with van der Waals surface area (Å²) in [4.78, 5) is 0. The predicted octanol–water partition coefficient (Wildman–Crippen LogP) is 4.05. The van der Waals surface area contributed by atoms with Gasteiger partial charge in [-0.25, -0.2) is 0 Å². The monoisotopic (exact) mass is 218 g/mol. The molecule has 16 heavy (non-hydrogen) atoms. The van der Waals surface area contributed by atoms with Gasteiger partial charge in [-0.1, -0.05) is 27.7 Å². The maximum atomic E-state index is 10.0. The largest absolute Gasteiger partial charge is 0.508 e. The van der Waals surface area contributed by atoms with Crippen LogP contribution in [0.25, 0.3) is 0 Å². The van der Waals surface area contributed by atoms with Crippen LogP contribution in [0.3, 0.4) is 0 Å². The van der Waals surface area contributed by atoms with E-state index in [2.05, 4.69) is 27.7 Å². The molecule has 0 saturated heterocycles. The van der Waals surface area contributed by atoms with E-state index in [1.165, 1.54) is 23.1 Å². The Labute approximate surface area is 98.5 Å². The van der Waals surface area contributed by atoms with Crippen LogP contribution in [0.1, 0.15) is 62.3 Å². The van der Waals surface area contributed by atoms with Gasteiger partial charge in [0.2, 0.25) is 0 Å². The molecule has 0 bridgehead atoms. The van der Waals surface area contributed by atoms with Crippen LogP contribution in [0.4, 0.5) is 0 Å². The van der Waals surface area contributed by atoms with Crippen LogP contribution >= 0.6 is 0 Å². The maximum Gasteiger partial charge on any atom is 0.119 e. The molecule has 0 aliphatic heterocycles. The molecule has 1 aliphatic rings. The van der Waals surface area contributed by atoms with Crippen molar-refractivity contribution in [3.63, 3.8) is 0 Å². The molecule has 0 aromatic heterocycles. The second kappa shape index (κ2) is 3.51. The average Bonchev–Trinajstić information content (AvgIpc) is 2.48. The van der Waals surface area contributed by atoms with E-state index in [-0.39, 0.29) is 5.41 Å². The van der Waals surface area contributed by atoms with E-state index in [1.807, 2.05) is 13.0 Å². The molecule has 0 unspecified atom stereocenters. The van der Waals surface area contributed by atoms with Gasteiger partial charge in [-0.2, -0.15) is 0 Å². The third-order valence-corrected chi connectivity index (χ3v) is 4.00. The van der Waals surface area contributed by atoms with Crippen molar-refractivity contribution >= 4 is 0 Å². The fraction of sp³-hybridized carbons (Fsp3) is 0.600. The highest BCUT2D eigenvalue weighted by molar-refractivity contribution is 5.54. The van der Waals surface area contributed by atoms with Crippen LogP contribution in [0.5, 0.6) is 5.75 Å². The lowest BCUT2D eigenvalue weighted by Gasteiger charge is -2.23. The Morgan fingerprint density at radius 1 is 1.31 bits per heavy atom. The first-order valence-corrected chi connectivity index (χ1v) is 6.20. The van der Waals surface area contributed by atoms with Crippen LogP contribution in [-0.4, -0.2) is 5.11 Å². The van der Waals surface area contributed by atoms with Crippen molar-refractivity contribution in [3.05, 3.63) is 28.3 Å². The first-order chi connectivity index (χ1) is 7.34. The fourth-order valence-corrected chi connectivity index (χ4v) is 3.10. The summed E-state index contributed by atoms with van der Waals surface area (Å²) < 4.78 is 0. The molecule has 88 valence electrons. The number of phenols is 1. The zero-order valence-electron chi connectivity index (χ0n) is 11.0. The van der Waals surface area contributed by atoms with Gasteiger partial charge in [-0.15, -0.1) is 0 Å². The third kappa shape index (κ3) is 1.53. The highest BCUT2D eigenvalue weighted by Gasteiger charge is 2.34. The van der Waals surface area contributed by atoms with Gasteiger partial charge >= 0.3 is 0 Å². The van der Waals surface area contributed by atoms with E-state index < -0.39 is 0 Å². The number of phenolic OH excluding ortho intramolecular Hbond substituents is 1. The van der Waals surface area contributed by atoms with Gasteiger partial charge in [0.05, 0.1) is 0 Å². The maximum absolute atomic E-state index is 10.0. The minimum Gasteiger partial charge on any atom is -0.508 e. The Kier molecular flexibility index (Phi) is 2.52. The van der Waals surface area contributed by atoms with Gasteiger partial charge in [0.25, 0.3) is 0 Å². The molecule has 1 aromatic rings. The first kappa shape index (κ1) is 11.5. The Morgan fingerprint density at radius 2 is 1.94 bits per heavy atom. The quantitative estimate of drug-likeness (QED) is 0.754. The number of hydrogen-bond acceptors (Lipinski definition) is 1. The number of aromatic hydroxyl groups is 1. The van der Waals surface area contributed by atoms with Gasteiger partial charge in [0.1, 0.15) is 5.75 Å². The second-order valence-electron chi connectivity index (χ2n) is 6.00. The number of benzene rings is 1. The molecule has 1 heteroatoms. The average molecular weight is 218 g/mol. The van der Waals surface area contributed by atoms with Gasteiger partial charge in [-0.05, 0) is 59.4 Å². The molecule has 0 radical (unpaired) electrons. The van der Waals surface area contributed by atoms with Gasteiger partial charge in [-0.3, -0.25) is 0 Å². The zero-order chi connectivity index (χ0) is 12.1. The molecule has 1 aromatic carbocycles. The predicted molar refractivity (Wildman–Crippen MR) is 68.3 cm³/mol. The highest BCUT2D eigenvalue weighted by atomic mass is 16.3. The summed E-state index contributed by atoms with van der Waals surface area (Å²) >= 11 is 0. The summed E-state index contributed by atoms with van der Waals surface area (Å²) in [5, 5.41) is 10.0. The van der Waals surface area contributed by atoms with E-state index >= 15 is 0 Å². The van der Waals surface area contributed by atoms with E-state index in [1.54, 1.807) is 0 Å². The van der Waals surface area contributed by atoms with Crippen LogP contribution < -0.4 is 0 Å². The lowest BCUT2D eigenvalue weighted by molar-refractivity contribution is 0.462. The van der Waals surface area contributed by atoms with Crippen molar-refractivity contribution in [2.45, 2.75) is 58.8 Å². The van der Waals surface area contributed by atoms with Crippen molar-refractivity contribution in [2.75, 3.05) is 0 Å². The van der Waals surface area contributed by atoms with Crippen LogP contribution in [0, 0.1) is 6.92 Å². The van der Waals surface area contributed by atoms with Crippen molar-refractivity contribution in [1.29, 1.82) is 0 Å². The smallest absolute Gasteiger partial charge is 0.119 e. The van der Waals surface area contributed by atoms with Crippen molar-refractivity contribution in [3.8, 4) is 5.75 Å². The summed E-state index contributed by atoms with van der Waals surface area (Å²) in [6, 6.07) is 1.97. The van der Waals surface area contributed by atoms with Crippen LogP contribution in [-0.2, 0) is 11.8 Å². The number of hydrogen-bond donors (Lipinski definition) is 1. The Morgan fingerprint density at radius 3 is 2.50 bits per heavy atom. The topological polar surface area (TPSA) is 20.2 Å². The van der Waals surface area contributed by atoms with E-state index in [0.29, 0.717) is 11.7 Å². The van der Waals surface area contributed by atoms with Crippen LogP contribution in [0.2, 0.25) is 0 Å². The molecule has 0 spiro atoms. The van der Waals surface area contributed by atoms with Gasteiger partial charge in [0, 0.05) is 0 Å². The molecule has 1 N–H and O–H groups in total. The molecule has 1 aliphatic carbocycles. The SMILES string of the molecule is Cc1c(O)cc(C(C)C)c2c1C(C)(C)CC2. The molecular formula is C15H22O. The molecule has 0 heterocycles. The molecule has 1 nitrogen and oxygen atoms in total. The molecule has 2 rings (SSSR count). The zero-order valence-corrected chi connectivity index (χ0v) is 11.0. The lowest BCUT2D eigenvalue weighted by Crippen LogP contribution is -2.14. The minimum absolute atomic E-state index is 0.224. The molecular weight excluding hydrogens is 196 g/mol.